The van der Waals surface area contributed by atoms with E-state index in [1.807, 2.05) is 0 Å². The van der Waals surface area contributed by atoms with Crippen LogP contribution in [0.25, 0.3) is 0 Å². The fraction of sp³-hybridized carbons (Fsp3) is 0.500. The van der Waals surface area contributed by atoms with E-state index in [9.17, 15) is 16.8 Å². The highest BCUT2D eigenvalue weighted by Crippen LogP contribution is 1.95. The van der Waals surface area contributed by atoms with Gasteiger partial charge in [0, 0.05) is 0 Å². The fourth-order valence-corrected chi connectivity index (χ4v) is 1.18. The van der Waals surface area contributed by atoms with Gasteiger partial charge in [-0.05, 0) is 6.92 Å². The second-order valence-electron chi connectivity index (χ2n) is 2.46. The van der Waals surface area contributed by atoms with Crippen LogP contribution in [0.4, 0.5) is 0 Å². The second kappa shape index (κ2) is 11.0. The smallest absolute Gasteiger partial charge is 0.264 e. The van der Waals surface area contributed by atoms with E-state index in [0.717, 1.165) is 0 Å². The van der Waals surface area contributed by atoms with Crippen molar-refractivity contribution in [2.75, 3.05) is 19.8 Å². The Bertz CT molecular complexity index is 437. The molecule has 0 saturated carbocycles. The Kier molecular flexibility index (Phi) is 11.9. The van der Waals surface area contributed by atoms with Gasteiger partial charge in [-0.2, -0.15) is 16.8 Å². The van der Waals surface area contributed by atoms with Gasteiger partial charge in [0.25, 0.3) is 0 Å². The molecule has 0 saturated heterocycles. The van der Waals surface area contributed by atoms with Gasteiger partial charge in [0.1, 0.15) is 0 Å². The lowest BCUT2D eigenvalue weighted by Crippen LogP contribution is -2.10. The molecule has 0 radical (unpaired) electrons. The highest BCUT2D eigenvalue weighted by molar-refractivity contribution is 7.81. The van der Waals surface area contributed by atoms with Crippen molar-refractivity contribution in [3.05, 3.63) is 25.3 Å². The molecule has 0 spiro atoms. The van der Waals surface area contributed by atoms with E-state index in [4.69, 9.17) is 4.55 Å². The molecule has 9 nitrogen and oxygen atoms in total. The molecule has 0 aromatic heterocycles. The molecule has 0 aromatic carbocycles. The number of hydrogen-bond donors (Lipinski definition) is 1. The van der Waals surface area contributed by atoms with Crippen LogP contribution in [0.2, 0.25) is 0 Å². The highest BCUT2D eigenvalue weighted by atomic mass is 32.3. The van der Waals surface area contributed by atoms with Gasteiger partial charge in [-0.25, -0.2) is 13.3 Å². The topological polar surface area (TPSA) is 125 Å². The predicted octanol–water partition coefficient (Wildman–Crippen LogP) is 0.394. The summed E-state index contributed by atoms with van der Waals surface area (Å²) in [6.07, 6.45) is 2.50. The second-order valence-corrected chi connectivity index (χ2v) is 4.74. The summed E-state index contributed by atoms with van der Waals surface area (Å²) in [5.41, 5.74) is 0. The van der Waals surface area contributed by atoms with Crippen LogP contribution in [0.5, 0.6) is 0 Å². The first-order valence-corrected chi connectivity index (χ1v) is 7.42. The molecule has 0 rings (SSSR count). The van der Waals surface area contributed by atoms with Gasteiger partial charge in [-0.1, -0.05) is 16.5 Å². The van der Waals surface area contributed by atoms with Crippen LogP contribution in [0.15, 0.2) is 25.3 Å². The quantitative estimate of drug-likeness (QED) is 0.278. The van der Waals surface area contributed by atoms with Crippen LogP contribution in [-0.2, 0) is 38.4 Å². The Labute approximate surface area is 112 Å². The maximum atomic E-state index is 10.5. The summed E-state index contributed by atoms with van der Waals surface area (Å²) in [4.78, 5) is 4.15. The number of rotatable bonds is 9. The minimum atomic E-state index is -4.26. The zero-order valence-electron chi connectivity index (χ0n) is 10.2. The molecule has 0 unspecified atom stereocenters. The molecule has 1 N–H and O–H groups in total. The summed E-state index contributed by atoms with van der Waals surface area (Å²) in [5, 5.41) is 0. The molecule has 0 aliphatic heterocycles. The standard InChI is InChI=1S/C5H10O5S.C3H6O4S/c1-3-5-9-11(6,7)10-8-4-2;1-2-3-7-8(4,5)6/h3H,1,4-5H2,2H3;2H,1,3H2,(H,4,5,6). The van der Waals surface area contributed by atoms with Crippen LogP contribution >= 0.6 is 0 Å². The third kappa shape index (κ3) is 19.7. The summed E-state index contributed by atoms with van der Waals surface area (Å²) in [6.45, 7) is 7.82. The molecule has 114 valence electrons. The van der Waals surface area contributed by atoms with Crippen molar-refractivity contribution in [3.63, 3.8) is 0 Å². The monoisotopic (exact) mass is 320 g/mol. The average molecular weight is 320 g/mol. The summed E-state index contributed by atoms with van der Waals surface area (Å²) < 4.78 is 60.1. The van der Waals surface area contributed by atoms with E-state index in [0.29, 0.717) is 0 Å². The summed E-state index contributed by atoms with van der Waals surface area (Å²) in [6, 6.07) is 0. The Morgan fingerprint density at radius 1 is 1.05 bits per heavy atom. The van der Waals surface area contributed by atoms with Gasteiger partial charge < -0.3 is 0 Å². The number of hydrogen-bond acceptors (Lipinski definition) is 8. The molecular weight excluding hydrogens is 304 g/mol. The van der Waals surface area contributed by atoms with Crippen molar-refractivity contribution in [1.82, 2.24) is 0 Å². The van der Waals surface area contributed by atoms with Crippen molar-refractivity contribution in [3.8, 4) is 0 Å². The van der Waals surface area contributed by atoms with Crippen LogP contribution in [-0.4, -0.2) is 41.2 Å². The Balaban J connectivity index is 0. The molecule has 0 atom stereocenters. The van der Waals surface area contributed by atoms with Gasteiger partial charge in [0.2, 0.25) is 0 Å². The third-order valence-corrected chi connectivity index (χ3v) is 2.04. The molecule has 0 bridgehead atoms. The molecule has 11 heteroatoms. The molecule has 0 amide bonds. The zero-order chi connectivity index (χ0) is 15.4. The van der Waals surface area contributed by atoms with E-state index in [1.165, 1.54) is 12.2 Å². The van der Waals surface area contributed by atoms with Crippen molar-refractivity contribution < 1.29 is 39.0 Å². The first kappa shape index (κ1) is 20.5. The molecule has 0 aliphatic carbocycles. The van der Waals surface area contributed by atoms with Crippen molar-refractivity contribution in [2.24, 2.45) is 0 Å². The van der Waals surface area contributed by atoms with Crippen LogP contribution in [0, 0.1) is 0 Å². The molecule has 0 aromatic rings. The van der Waals surface area contributed by atoms with Crippen molar-refractivity contribution >= 4 is 20.8 Å². The normalized spacial score (nSPS) is 11.3. The maximum absolute atomic E-state index is 10.5. The third-order valence-electron chi connectivity index (χ3n) is 0.914. The summed E-state index contributed by atoms with van der Waals surface area (Å²) in [7, 11) is -8.26. The average Bonchev–Trinajstić information content (AvgIpc) is 2.31. The maximum Gasteiger partial charge on any atom is 0.426 e. The van der Waals surface area contributed by atoms with Crippen LogP contribution < -0.4 is 0 Å². The van der Waals surface area contributed by atoms with E-state index in [2.05, 4.69) is 30.7 Å². The van der Waals surface area contributed by atoms with E-state index >= 15 is 0 Å². The Hall–Kier alpha value is -0.820. The lowest BCUT2D eigenvalue weighted by atomic mass is 10.7. The van der Waals surface area contributed by atoms with E-state index in [-0.39, 0.29) is 19.8 Å². The molecule has 0 heterocycles. The Morgan fingerprint density at radius 2 is 1.53 bits per heavy atom. The molecule has 0 fully saturated rings. The van der Waals surface area contributed by atoms with Gasteiger partial charge in [-0.15, -0.1) is 13.2 Å². The SMILES string of the molecule is C=CCOS(=O)(=O)O.C=CCOS(=O)(=O)OOCC. The highest BCUT2D eigenvalue weighted by Gasteiger charge is 2.10. The first-order valence-electron chi connectivity index (χ1n) is 4.72. The lowest BCUT2D eigenvalue weighted by molar-refractivity contribution is -0.204. The van der Waals surface area contributed by atoms with Gasteiger partial charge in [-0.3, -0.25) is 4.55 Å². The van der Waals surface area contributed by atoms with Gasteiger partial charge in [0.15, 0.2) is 0 Å². The zero-order valence-corrected chi connectivity index (χ0v) is 11.9. The van der Waals surface area contributed by atoms with Crippen LogP contribution in [0.3, 0.4) is 0 Å². The Morgan fingerprint density at radius 3 is 1.84 bits per heavy atom. The van der Waals surface area contributed by atoms with Crippen LogP contribution in [0.1, 0.15) is 6.92 Å². The van der Waals surface area contributed by atoms with Crippen molar-refractivity contribution in [2.45, 2.75) is 6.92 Å². The van der Waals surface area contributed by atoms with E-state index < -0.39 is 20.8 Å². The molecular formula is C8H16O9S2. The fourth-order valence-electron chi connectivity index (χ4n) is 0.392. The predicted molar refractivity (Wildman–Crippen MR) is 65.5 cm³/mol. The minimum absolute atomic E-state index is 0.130. The summed E-state index contributed by atoms with van der Waals surface area (Å²) >= 11 is 0. The minimum Gasteiger partial charge on any atom is -0.264 e. The van der Waals surface area contributed by atoms with Crippen molar-refractivity contribution in [1.29, 1.82) is 0 Å². The largest absolute Gasteiger partial charge is 0.426 e. The molecule has 19 heavy (non-hydrogen) atoms. The van der Waals surface area contributed by atoms with Gasteiger partial charge >= 0.3 is 20.8 Å². The first-order chi connectivity index (χ1) is 8.68. The van der Waals surface area contributed by atoms with Gasteiger partial charge in [0.05, 0.1) is 19.8 Å². The van der Waals surface area contributed by atoms with E-state index in [1.54, 1.807) is 6.92 Å². The molecule has 0 aliphatic rings. The lowest BCUT2D eigenvalue weighted by Gasteiger charge is -2.00. The summed E-state index contributed by atoms with van der Waals surface area (Å²) in [5.74, 6) is 0.